The quantitative estimate of drug-likeness (QED) is 0.855. The summed E-state index contributed by atoms with van der Waals surface area (Å²) in [6.07, 6.45) is 4.76. The predicted octanol–water partition coefficient (Wildman–Crippen LogP) is 2.32. The highest BCUT2D eigenvalue weighted by Gasteiger charge is 2.31. The molecular formula is C16H22N2O2. The molecule has 3 rings (SSSR count). The van der Waals surface area contributed by atoms with Crippen molar-refractivity contribution >= 4 is 11.6 Å². The Hall–Kier alpha value is -1.55. The first-order valence-electron chi connectivity index (χ1n) is 7.54. The van der Waals surface area contributed by atoms with Gasteiger partial charge in [0.1, 0.15) is 5.75 Å². The maximum atomic E-state index is 12.8. The third kappa shape index (κ3) is 2.66. The minimum Gasteiger partial charge on any atom is -0.491 e. The second kappa shape index (κ2) is 5.83. The van der Waals surface area contributed by atoms with Crippen molar-refractivity contribution in [3.05, 3.63) is 24.3 Å². The third-order valence-electron chi connectivity index (χ3n) is 4.27. The second-order valence-electron chi connectivity index (χ2n) is 5.78. The van der Waals surface area contributed by atoms with Crippen molar-refractivity contribution in [2.24, 2.45) is 11.7 Å². The molecule has 4 nitrogen and oxygen atoms in total. The second-order valence-corrected chi connectivity index (χ2v) is 5.78. The fourth-order valence-corrected chi connectivity index (χ4v) is 3.23. The van der Waals surface area contributed by atoms with Crippen LogP contribution >= 0.6 is 0 Å². The van der Waals surface area contributed by atoms with E-state index in [1.165, 1.54) is 0 Å². The number of anilines is 1. The number of nitrogens with two attached hydrogens (primary N) is 1. The Morgan fingerprint density at radius 1 is 1.25 bits per heavy atom. The number of hydrogen-bond acceptors (Lipinski definition) is 3. The van der Waals surface area contributed by atoms with E-state index in [1.54, 1.807) is 0 Å². The summed E-state index contributed by atoms with van der Waals surface area (Å²) >= 11 is 0. The Bertz CT molecular complexity index is 489. The van der Waals surface area contributed by atoms with Gasteiger partial charge in [-0.1, -0.05) is 18.6 Å². The van der Waals surface area contributed by atoms with E-state index in [0.29, 0.717) is 6.61 Å². The molecule has 2 N–H and O–H groups in total. The van der Waals surface area contributed by atoms with Gasteiger partial charge >= 0.3 is 0 Å². The highest BCUT2D eigenvalue weighted by Crippen LogP contribution is 2.33. The summed E-state index contributed by atoms with van der Waals surface area (Å²) in [6.45, 7) is 1.41. The van der Waals surface area contributed by atoms with Gasteiger partial charge in [0.05, 0.1) is 12.3 Å². The Kier molecular flexibility index (Phi) is 3.92. The van der Waals surface area contributed by atoms with Gasteiger partial charge < -0.3 is 15.4 Å². The van der Waals surface area contributed by atoms with Crippen molar-refractivity contribution in [1.29, 1.82) is 0 Å². The molecule has 4 heteroatoms. The van der Waals surface area contributed by atoms with Crippen LogP contribution in [0.3, 0.4) is 0 Å². The van der Waals surface area contributed by atoms with Crippen LogP contribution in [-0.4, -0.2) is 25.1 Å². The number of para-hydroxylation sites is 2. The van der Waals surface area contributed by atoms with E-state index in [-0.39, 0.29) is 17.9 Å². The highest BCUT2D eigenvalue weighted by atomic mass is 16.5. The molecule has 2 aliphatic rings. The lowest BCUT2D eigenvalue weighted by atomic mass is 9.85. The topological polar surface area (TPSA) is 55.6 Å². The van der Waals surface area contributed by atoms with E-state index in [4.69, 9.17) is 10.5 Å². The van der Waals surface area contributed by atoms with Crippen LogP contribution in [0, 0.1) is 5.92 Å². The fourth-order valence-electron chi connectivity index (χ4n) is 3.23. The summed E-state index contributed by atoms with van der Waals surface area (Å²) in [5.74, 6) is 1.11. The largest absolute Gasteiger partial charge is 0.491 e. The van der Waals surface area contributed by atoms with Gasteiger partial charge in [-0.15, -0.1) is 0 Å². The number of hydrogen-bond donors (Lipinski definition) is 1. The van der Waals surface area contributed by atoms with Crippen LogP contribution in [0.15, 0.2) is 24.3 Å². The molecule has 1 fully saturated rings. The van der Waals surface area contributed by atoms with E-state index in [0.717, 1.165) is 50.1 Å². The van der Waals surface area contributed by atoms with Gasteiger partial charge in [0.15, 0.2) is 0 Å². The van der Waals surface area contributed by atoms with Crippen LogP contribution < -0.4 is 15.4 Å². The van der Waals surface area contributed by atoms with E-state index < -0.39 is 0 Å². The Balaban J connectivity index is 1.83. The molecule has 108 valence electrons. The zero-order chi connectivity index (χ0) is 13.9. The minimum atomic E-state index is 0.0740. The van der Waals surface area contributed by atoms with Gasteiger partial charge in [0.2, 0.25) is 5.91 Å². The molecule has 0 bridgehead atoms. The van der Waals surface area contributed by atoms with Crippen LogP contribution in [0.5, 0.6) is 5.75 Å². The summed E-state index contributed by atoms with van der Waals surface area (Å²) < 4.78 is 5.72. The van der Waals surface area contributed by atoms with Crippen LogP contribution in [0.4, 0.5) is 5.69 Å². The van der Waals surface area contributed by atoms with E-state index in [1.807, 2.05) is 29.2 Å². The number of benzene rings is 1. The number of fused-ring (bicyclic) bond motifs is 1. The number of carbonyl (C=O) groups is 1. The number of carbonyl (C=O) groups excluding carboxylic acids is 1. The maximum absolute atomic E-state index is 12.8. The van der Waals surface area contributed by atoms with Crippen molar-refractivity contribution in [2.75, 3.05) is 18.1 Å². The summed E-state index contributed by atoms with van der Waals surface area (Å²) in [5, 5.41) is 0. The van der Waals surface area contributed by atoms with Crippen LogP contribution in [0.25, 0.3) is 0 Å². The average molecular weight is 274 g/mol. The summed E-state index contributed by atoms with van der Waals surface area (Å²) in [6, 6.07) is 8.00. The van der Waals surface area contributed by atoms with Crippen molar-refractivity contribution < 1.29 is 9.53 Å². The molecule has 1 heterocycles. The molecule has 1 aromatic rings. The first-order valence-corrected chi connectivity index (χ1v) is 7.54. The molecule has 0 aromatic heterocycles. The molecule has 0 saturated heterocycles. The van der Waals surface area contributed by atoms with E-state index in [9.17, 15) is 4.79 Å². The van der Waals surface area contributed by atoms with E-state index >= 15 is 0 Å². The average Bonchev–Trinajstić information content (AvgIpc) is 2.69. The SMILES string of the molecule is NC1CCCC(C(=O)N2CCCOc3ccccc32)C1. The molecule has 2 unspecified atom stereocenters. The summed E-state index contributed by atoms with van der Waals surface area (Å²) in [5.41, 5.74) is 6.93. The summed E-state index contributed by atoms with van der Waals surface area (Å²) in [4.78, 5) is 14.7. The third-order valence-corrected chi connectivity index (χ3v) is 4.27. The van der Waals surface area contributed by atoms with Crippen molar-refractivity contribution in [1.82, 2.24) is 0 Å². The normalized spacial score (nSPS) is 26.4. The fraction of sp³-hybridized carbons (Fsp3) is 0.562. The van der Waals surface area contributed by atoms with Crippen LogP contribution in [0.2, 0.25) is 0 Å². The smallest absolute Gasteiger partial charge is 0.230 e. The molecule has 0 radical (unpaired) electrons. The first kappa shape index (κ1) is 13.4. The lowest BCUT2D eigenvalue weighted by Gasteiger charge is -2.31. The standard InChI is InChI=1S/C16H22N2O2/c17-13-6-3-5-12(11-13)16(19)18-9-4-10-20-15-8-2-1-7-14(15)18/h1-2,7-8,12-13H,3-6,9-11,17H2. The van der Waals surface area contributed by atoms with E-state index in [2.05, 4.69) is 0 Å². The van der Waals surface area contributed by atoms with Gasteiger partial charge in [0.25, 0.3) is 0 Å². The molecule has 1 saturated carbocycles. The number of rotatable bonds is 1. The Morgan fingerprint density at radius 2 is 2.10 bits per heavy atom. The number of amides is 1. The van der Waals surface area contributed by atoms with Crippen LogP contribution in [0.1, 0.15) is 32.1 Å². The van der Waals surface area contributed by atoms with Gasteiger partial charge in [-0.2, -0.15) is 0 Å². The van der Waals surface area contributed by atoms with Crippen molar-refractivity contribution in [3.63, 3.8) is 0 Å². The number of nitrogens with zero attached hydrogens (tertiary/aromatic N) is 1. The van der Waals surface area contributed by atoms with Crippen LogP contribution in [-0.2, 0) is 4.79 Å². The molecule has 20 heavy (non-hydrogen) atoms. The monoisotopic (exact) mass is 274 g/mol. The molecule has 1 amide bonds. The lowest BCUT2D eigenvalue weighted by molar-refractivity contribution is -0.123. The lowest BCUT2D eigenvalue weighted by Crippen LogP contribution is -2.41. The van der Waals surface area contributed by atoms with Gasteiger partial charge in [-0.3, -0.25) is 4.79 Å². The zero-order valence-electron chi connectivity index (χ0n) is 11.8. The Labute approximate surface area is 119 Å². The van der Waals surface area contributed by atoms with Gasteiger partial charge in [-0.25, -0.2) is 0 Å². The summed E-state index contributed by atoms with van der Waals surface area (Å²) in [7, 11) is 0. The first-order chi connectivity index (χ1) is 9.75. The highest BCUT2D eigenvalue weighted by molar-refractivity contribution is 5.96. The minimum absolute atomic E-state index is 0.0740. The Morgan fingerprint density at radius 3 is 2.95 bits per heavy atom. The molecule has 1 aliphatic heterocycles. The predicted molar refractivity (Wildman–Crippen MR) is 78.8 cm³/mol. The molecule has 1 aromatic carbocycles. The maximum Gasteiger partial charge on any atom is 0.230 e. The van der Waals surface area contributed by atoms with Crippen molar-refractivity contribution in [3.8, 4) is 5.75 Å². The van der Waals surface area contributed by atoms with Crippen molar-refractivity contribution in [2.45, 2.75) is 38.1 Å². The molecule has 1 aliphatic carbocycles. The molecule has 0 spiro atoms. The molecular weight excluding hydrogens is 252 g/mol. The van der Waals surface area contributed by atoms with Gasteiger partial charge in [0, 0.05) is 18.5 Å². The van der Waals surface area contributed by atoms with Gasteiger partial charge in [-0.05, 0) is 37.8 Å². The zero-order valence-corrected chi connectivity index (χ0v) is 11.8. The molecule has 2 atom stereocenters. The number of ether oxygens (including phenoxy) is 1.